The summed E-state index contributed by atoms with van der Waals surface area (Å²) in [5.74, 6) is 1.82. The second-order valence-electron chi connectivity index (χ2n) is 10.8. The van der Waals surface area contributed by atoms with Gasteiger partial charge in [-0.05, 0) is 67.4 Å². The fraction of sp³-hybridized carbons (Fsp3) is 0.357. The predicted octanol–water partition coefficient (Wildman–Crippen LogP) is 5.21. The highest BCUT2D eigenvalue weighted by Crippen LogP contribution is 2.41. The van der Waals surface area contributed by atoms with Crippen LogP contribution in [0.3, 0.4) is 0 Å². The zero-order valence-corrected chi connectivity index (χ0v) is 25.4. The van der Waals surface area contributed by atoms with Crippen molar-refractivity contribution in [1.82, 2.24) is 24.8 Å². The monoisotopic (exact) mass is 622 g/mol. The maximum atomic E-state index is 13.3. The number of fused-ring (bicyclic) bond motifs is 4. The van der Waals surface area contributed by atoms with Crippen LogP contribution in [0.15, 0.2) is 53.4 Å². The molecular formula is C28H32BrN8O2P. The van der Waals surface area contributed by atoms with Crippen molar-refractivity contribution in [2.24, 2.45) is 0 Å². The molecule has 1 atom stereocenters. The van der Waals surface area contributed by atoms with Crippen molar-refractivity contribution in [2.75, 3.05) is 55.1 Å². The minimum absolute atomic E-state index is 0.360. The molecule has 0 spiro atoms. The zero-order valence-electron chi connectivity index (χ0n) is 22.9. The van der Waals surface area contributed by atoms with Gasteiger partial charge in [0.1, 0.15) is 30.8 Å². The molecule has 0 bridgehead atoms. The maximum absolute atomic E-state index is 13.3. The van der Waals surface area contributed by atoms with Crippen LogP contribution < -0.4 is 25.6 Å². The minimum Gasteiger partial charge on any atom is -0.489 e. The van der Waals surface area contributed by atoms with Gasteiger partial charge in [0.2, 0.25) is 5.95 Å². The van der Waals surface area contributed by atoms with Gasteiger partial charge in [-0.2, -0.15) is 4.98 Å². The fourth-order valence-corrected chi connectivity index (χ4v) is 7.06. The standard InChI is InChI=1S/C28H32BrN8O2P/c1-17(2)36-11-12-37-19(15-36)16-39-24-13-18(5-8-23(24)37)33-28-32-14-20(29)27(35-28)34-22-7-6-21-25(31-10-9-30-21)26(22)40(3,4)38/h5-10,13-14,17,19H,11-12,15-16H2,1-4H3,(H2,32,33,34,35)/t19-/m1/s1. The average Bonchev–Trinajstić information content (AvgIpc) is 2.93. The van der Waals surface area contributed by atoms with Crippen molar-refractivity contribution in [1.29, 1.82) is 0 Å². The summed E-state index contributed by atoms with van der Waals surface area (Å²) in [5.41, 5.74) is 3.94. The molecule has 2 aliphatic heterocycles. The Morgan fingerprint density at radius 3 is 2.70 bits per heavy atom. The number of aromatic nitrogens is 4. The molecule has 2 aliphatic rings. The van der Waals surface area contributed by atoms with E-state index in [1.807, 2.05) is 24.3 Å². The Bertz CT molecular complexity index is 1630. The number of nitrogens with zero attached hydrogens (tertiary/aromatic N) is 6. The van der Waals surface area contributed by atoms with E-state index in [4.69, 9.17) is 9.72 Å². The lowest BCUT2D eigenvalue weighted by Gasteiger charge is -2.46. The zero-order chi connectivity index (χ0) is 28.0. The van der Waals surface area contributed by atoms with Gasteiger partial charge in [-0.15, -0.1) is 0 Å². The van der Waals surface area contributed by atoms with Crippen LogP contribution in [-0.4, -0.2) is 76.5 Å². The Labute approximate surface area is 242 Å². The number of rotatable bonds is 6. The molecule has 12 heteroatoms. The van der Waals surface area contributed by atoms with Crippen LogP contribution in [0.4, 0.5) is 28.8 Å². The summed E-state index contributed by atoms with van der Waals surface area (Å²) in [6.07, 6.45) is 4.93. The Hall–Kier alpha value is -3.27. The summed E-state index contributed by atoms with van der Waals surface area (Å²) in [5, 5.41) is 7.29. The molecule has 40 heavy (non-hydrogen) atoms. The quantitative estimate of drug-likeness (QED) is 0.278. The van der Waals surface area contributed by atoms with Crippen LogP contribution in [0.5, 0.6) is 5.75 Å². The third-order valence-electron chi connectivity index (χ3n) is 7.35. The third kappa shape index (κ3) is 5.25. The lowest BCUT2D eigenvalue weighted by Crippen LogP contribution is -2.58. The minimum atomic E-state index is -2.71. The second kappa shape index (κ2) is 10.6. The molecule has 1 saturated heterocycles. The fourth-order valence-electron chi connectivity index (χ4n) is 5.38. The first-order chi connectivity index (χ1) is 19.2. The van der Waals surface area contributed by atoms with E-state index in [-0.39, 0.29) is 0 Å². The number of ether oxygens (including phenoxy) is 1. The molecule has 0 saturated carbocycles. The van der Waals surface area contributed by atoms with Gasteiger partial charge in [0, 0.05) is 56.0 Å². The smallest absolute Gasteiger partial charge is 0.229 e. The Morgan fingerprint density at radius 2 is 1.90 bits per heavy atom. The first-order valence-electron chi connectivity index (χ1n) is 13.3. The Kier molecular flexibility index (Phi) is 7.14. The maximum Gasteiger partial charge on any atom is 0.229 e. The van der Waals surface area contributed by atoms with Crippen molar-refractivity contribution in [3.8, 4) is 5.75 Å². The first kappa shape index (κ1) is 26.9. The topological polar surface area (TPSA) is 108 Å². The summed E-state index contributed by atoms with van der Waals surface area (Å²) < 4.78 is 20.2. The van der Waals surface area contributed by atoms with Gasteiger partial charge >= 0.3 is 0 Å². The van der Waals surface area contributed by atoms with Crippen LogP contribution in [0.25, 0.3) is 11.0 Å². The number of hydrogen-bond donors (Lipinski definition) is 2. The lowest BCUT2D eigenvalue weighted by molar-refractivity contribution is 0.142. The van der Waals surface area contributed by atoms with E-state index in [1.165, 1.54) is 0 Å². The molecular weight excluding hydrogens is 591 g/mol. The van der Waals surface area contributed by atoms with Gasteiger partial charge in [0.25, 0.3) is 0 Å². The van der Waals surface area contributed by atoms with E-state index in [2.05, 4.69) is 71.2 Å². The predicted molar refractivity (Wildman–Crippen MR) is 165 cm³/mol. The molecule has 0 radical (unpaired) electrons. The molecule has 2 aromatic heterocycles. The summed E-state index contributed by atoms with van der Waals surface area (Å²) in [7, 11) is -2.71. The highest BCUT2D eigenvalue weighted by atomic mass is 79.9. The van der Waals surface area contributed by atoms with Gasteiger partial charge < -0.3 is 24.8 Å². The molecule has 6 rings (SSSR count). The number of halogens is 1. The van der Waals surface area contributed by atoms with Crippen molar-refractivity contribution >= 4 is 68.2 Å². The van der Waals surface area contributed by atoms with E-state index in [9.17, 15) is 4.57 Å². The number of piperazine rings is 1. The van der Waals surface area contributed by atoms with Crippen molar-refractivity contribution in [3.63, 3.8) is 0 Å². The molecule has 2 N–H and O–H groups in total. The van der Waals surface area contributed by atoms with E-state index in [0.717, 1.165) is 36.8 Å². The number of hydrogen-bond acceptors (Lipinski definition) is 10. The molecule has 1 fully saturated rings. The highest BCUT2D eigenvalue weighted by Gasteiger charge is 2.33. The van der Waals surface area contributed by atoms with Gasteiger partial charge in [0.15, 0.2) is 0 Å². The van der Waals surface area contributed by atoms with E-state index in [1.54, 1.807) is 31.9 Å². The highest BCUT2D eigenvalue weighted by molar-refractivity contribution is 9.10. The number of anilines is 5. The van der Waals surface area contributed by atoms with Gasteiger partial charge in [0.05, 0.1) is 32.7 Å². The second-order valence-corrected chi connectivity index (χ2v) is 14.8. The summed E-state index contributed by atoms with van der Waals surface area (Å²) >= 11 is 3.55. The van der Waals surface area contributed by atoms with Crippen LogP contribution in [-0.2, 0) is 4.57 Å². The molecule has 0 unspecified atom stereocenters. The van der Waals surface area contributed by atoms with Gasteiger partial charge in [-0.1, -0.05) is 0 Å². The van der Waals surface area contributed by atoms with Crippen LogP contribution >= 0.6 is 23.1 Å². The molecule has 2 aromatic carbocycles. The van der Waals surface area contributed by atoms with Gasteiger partial charge in [-0.25, -0.2) is 4.98 Å². The summed E-state index contributed by atoms with van der Waals surface area (Å²) in [6, 6.07) is 10.8. The normalized spacial score (nSPS) is 17.4. The van der Waals surface area contributed by atoms with Crippen LogP contribution in [0.1, 0.15) is 13.8 Å². The molecule has 10 nitrogen and oxygen atoms in total. The molecule has 0 amide bonds. The van der Waals surface area contributed by atoms with Crippen molar-refractivity contribution in [2.45, 2.75) is 25.9 Å². The number of benzene rings is 2. The van der Waals surface area contributed by atoms with Gasteiger partial charge in [-0.3, -0.25) is 14.9 Å². The van der Waals surface area contributed by atoms with E-state index in [0.29, 0.717) is 57.0 Å². The molecule has 208 valence electrons. The third-order valence-corrected chi connectivity index (χ3v) is 9.46. The first-order valence-corrected chi connectivity index (χ1v) is 16.7. The lowest BCUT2D eigenvalue weighted by atomic mass is 10.1. The summed E-state index contributed by atoms with van der Waals surface area (Å²) in [6.45, 7) is 11.7. The Balaban J connectivity index is 1.25. The molecule has 4 heterocycles. The Morgan fingerprint density at radius 1 is 1.07 bits per heavy atom. The molecule has 0 aliphatic carbocycles. The van der Waals surface area contributed by atoms with E-state index >= 15 is 0 Å². The summed E-state index contributed by atoms with van der Waals surface area (Å²) in [4.78, 5) is 23.0. The van der Waals surface area contributed by atoms with Crippen molar-refractivity contribution < 1.29 is 9.30 Å². The van der Waals surface area contributed by atoms with Crippen LogP contribution in [0.2, 0.25) is 0 Å². The van der Waals surface area contributed by atoms with Crippen LogP contribution in [0, 0.1) is 0 Å². The number of nitrogens with one attached hydrogen (secondary N) is 2. The SMILES string of the molecule is CC(C)N1CCN2c3ccc(Nc4ncc(Br)c(Nc5ccc6nccnc6c5P(C)(C)=O)n4)cc3OC[C@H]2C1. The largest absolute Gasteiger partial charge is 0.489 e. The van der Waals surface area contributed by atoms with E-state index < -0.39 is 7.14 Å². The molecule has 4 aromatic rings. The van der Waals surface area contributed by atoms with Crippen molar-refractivity contribution in [3.05, 3.63) is 53.4 Å². The average molecular weight is 623 g/mol.